The molecule has 11 nitrogen and oxygen atoms in total. The molecule has 0 atom stereocenters. The maximum Gasteiger partial charge on any atom is 0.335 e. The second-order valence-corrected chi connectivity index (χ2v) is 11.9. The topological polar surface area (TPSA) is 155 Å². The van der Waals surface area contributed by atoms with Gasteiger partial charge >= 0.3 is 5.97 Å². The highest BCUT2D eigenvalue weighted by molar-refractivity contribution is 6.06. The van der Waals surface area contributed by atoms with Gasteiger partial charge in [-0.25, -0.2) is 34.7 Å². The van der Waals surface area contributed by atoms with Gasteiger partial charge in [-0.3, -0.25) is 0 Å². The van der Waals surface area contributed by atoms with Crippen LogP contribution in [0.1, 0.15) is 10.4 Å². The maximum atomic E-state index is 11.6. The lowest BCUT2D eigenvalue weighted by atomic mass is 10.1. The third-order valence-electron chi connectivity index (χ3n) is 8.84. The molecule has 0 saturated heterocycles. The number of aromatic amines is 2. The number of aromatic nitrogens is 8. The highest BCUT2D eigenvalue weighted by atomic mass is 16.5. The van der Waals surface area contributed by atoms with Crippen molar-refractivity contribution in [3.63, 3.8) is 0 Å². The first-order valence-corrected chi connectivity index (χ1v) is 15.8. The van der Waals surface area contributed by atoms with E-state index in [0.717, 1.165) is 43.8 Å². The van der Waals surface area contributed by atoms with E-state index in [-0.39, 0.29) is 5.56 Å². The number of H-pyrrole nitrogens is 2. The molecule has 0 amide bonds. The molecule has 3 N–H and O–H groups in total. The second-order valence-electron chi connectivity index (χ2n) is 11.9. The SMILES string of the molecule is O=C(O)c1cccc(Oc2ccc3c4nc5nc(nc6[nH]c(nc7nc(nc([nH]4)c3c2)-c2ccccc2-7)c2ccccc62)-c2ccccc2-5)c1. The molecule has 5 aromatic carbocycles. The van der Waals surface area contributed by atoms with Gasteiger partial charge < -0.3 is 19.8 Å². The van der Waals surface area contributed by atoms with Crippen molar-refractivity contribution in [2.75, 3.05) is 0 Å². The van der Waals surface area contributed by atoms with Crippen molar-refractivity contribution in [2.45, 2.75) is 0 Å². The number of rotatable bonds is 3. The van der Waals surface area contributed by atoms with Gasteiger partial charge in [0.1, 0.15) is 34.1 Å². The lowest BCUT2D eigenvalue weighted by Crippen LogP contribution is -1.96. The number of carbonyl (C=O) groups is 1. The number of hydrogen-bond acceptors (Lipinski definition) is 8. The Labute approximate surface area is 282 Å². The summed E-state index contributed by atoms with van der Waals surface area (Å²) in [6, 6.07) is 35.6. The zero-order valence-corrected chi connectivity index (χ0v) is 25.9. The van der Waals surface area contributed by atoms with Gasteiger partial charge in [0, 0.05) is 43.8 Å². The van der Waals surface area contributed by atoms with Crippen molar-refractivity contribution in [1.82, 2.24) is 39.9 Å². The highest BCUT2D eigenvalue weighted by Gasteiger charge is 2.22. The van der Waals surface area contributed by atoms with Crippen LogP contribution in [-0.2, 0) is 0 Å². The Morgan fingerprint density at radius 2 is 0.900 bits per heavy atom. The monoisotopic (exact) mass is 650 g/mol. The fraction of sp³-hybridized carbons (Fsp3) is 0. The number of carboxylic acids is 1. The van der Waals surface area contributed by atoms with Crippen molar-refractivity contribution >= 4 is 50.1 Å². The second kappa shape index (κ2) is 10.6. The minimum atomic E-state index is -1.03. The van der Waals surface area contributed by atoms with Crippen molar-refractivity contribution in [1.29, 1.82) is 0 Å². The Hall–Kier alpha value is -7.27. The number of nitrogens with zero attached hydrogens (tertiary/aromatic N) is 6. The molecule has 0 fully saturated rings. The molecule has 0 saturated carbocycles. The minimum absolute atomic E-state index is 0.130. The Morgan fingerprint density at radius 1 is 0.460 bits per heavy atom. The number of ether oxygens (including phenoxy) is 1. The van der Waals surface area contributed by atoms with E-state index in [1.165, 1.54) is 12.1 Å². The molecule has 10 rings (SSSR count). The molecule has 8 aromatic rings. The van der Waals surface area contributed by atoms with Crippen LogP contribution < -0.4 is 4.74 Å². The first-order valence-electron chi connectivity index (χ1n) is 15.8. The Balaban J connectivity index is 1.30. The fourth-order valence-corrected chi connectivity index (χ4v) is 6.51. The van der Waals surface area contributed by atoms with Crippen LogP contribution in [0.25, 0.3) is 89.7 Å². The molecule has 3 aromatic heterocycles. The van der Waals surface area contributed by atoms with Crippen molar-refractivity contribution < 1.29 is 14.6 Å². The minimum Gasteiger partial charge on any atom is -0.478 e. The van der Waals surface area contributed by atoms with Crippen LogP contribution in [0.15, 0.2) is 115 Å². The van der Waals surface area contributed by atoms with Crippen molar-refractivity contribution in [3.8, 4) is 57.1 Å². The summed E-state index contributed by atoms with van der Waals surface area (Å²) in [5.41, 5.74) is 5.86. The van der Waals surface area contributed by atoms with E-state index < -0.39 is 5.97 Å². The number of hydrogen-bond donors (Lipinski definition) is 3. The predicted molar refractivity (Wildman–Crippen MR) is 190 cm³/mol. The molecule has 5 heterocycles. The zero-order chi connectivity index (χ0) is 33.3. The quantitative estimate of drug-likeness (QED) is 0.171. The van der Waals surface area contributed by atoms with Crippen LogP contribution in [0.4, 0.5) is 0 Å². The van der Waals surface area contributed by atoms with E-state index >= 15 is 0 Å². The summed E-state index contributed by atoms with van der Waals surface area (Å²) in [4.78, 5) is 48.5. The van der Waals surface area contributed by atoms with E-state index in [4.69, 9.17) is 34.6 Å². The molecule has 2 aliphatic heterocycles. The predicted octanol–water partition coefficient (Wildman–Crippen LogP) is 8.36. The van der Waals surface area contributed by atoms with Crippen LogP contribution in [0.3, 0.4) is 0 Å². The van der Waals surface area contributed by atoms with Gasteiger partial charge in [-0.2, -0.15) is 0 Å². The van der Waals surface area contributed by atoms with E-state index in [0.29, 0.717) is 57.4 Å². The van der Waals surface area contributed by atoms with Crippen LogP contribution in [-0.4, -0.2) is 50.9 Å². The summed E-state index contributed by atoms with van der Waals surface area (Å²) in [6.45, 7) is 0. The Morgan fingerprint density at radius 3 is 1.40 bits per heavy atom. The average molecular weight is 651 g/mol. The summed E-state index contributed by atoms with van der Waals surface area (Å²) >= 11 is 0. The van der Waals surface area contributed by atoms with E-state index in [9.17, 15) is 9.90 Å². The van der Waals surface area contributed by atoms with Crippen LogP contribution in [0.2, 0.25) is 0 Å². The summed E-state index contributed by atoms with van der Waals surface area (Å²) in [6.07, 6.45) is 0. The molecule has 236 valence electrons. The fourth-order valence-electron chi connectivity index (χ4n) is 6.51. The van der Waals surface area contributed by atoms with Gasteiger partial charge in [0.2, 0.25) is 0 Å². The molecular weight excluding hydrogens is 628 g/mol. The number of fused-ring (bicyclic) bond motifs is 20. The van der Waals surface area contributed by atoms with E-state index in [1.54, 1.807) is 12.1 Å². The van der Waals surface area contributed by atoms with Crippen LogP contribution in [0, 0.1) is 0 Å². The van der Waals surface area contributed by atoms with Crippen molar-refractivity contribution in [2.24, 2.45) is 0 Å². The standard InChI is InChI=1S/C39H22N8O3/c48-39(49)20-8-7-9-21(18-20)50-22-16-17-29-30(19-22)38-46-36-28-15-6-5-14-27(28)34(44-36)42-32-24-11-2-1-10-23(24)31(40-32)41-33-25-12-3-4-13-26(25)35(43-33)45-37(29)47-38/h1-19H,(H,48,49)(H2,40,41,42,43,44,45,46,47). The number of carboxylic acid groups (broad SMARTS) is 1. The lowest BCUT2D eigenvalue weighted by molar-refractivity contribution is 0.0696. The Kier molecular flexibility index (Phi) is 5.91. The van der Waals surface area contributed by atoms with Crippen LogP contribution in [0.5, 0.6) is 11.5 Å². The molecular formula is C39H22N8O3. The van der Waals surface area contributed by atoms with E-state index in [2.05, 4.69) is 9.97 Å². The van der Waals surface area contributed by atoms with Crippen LogP contribution >= 0.6 is 0 Å². The summed E-state index contributed by atoms with van der Waals surface area (Å²) in [7, 11) is 0. The zero-order valence-electron chi connectivity index (χ0n) is 25.9. The molecule has 0 unspecified atom stereocenters. The molecule has 50 heavy (non-hydrogen) atoms. The molecule has 2 aliphatic rings. The number of aromatic carboxylic acids is 1. The van der Waals surface area contributed by atoms with Gasteiger partial charge in [-0.15, -0.1) is 0 Å². The largest absolute Gasteiger partial charge is 0.478 e. The van der Waals surface area contributed by atoms with Gasteiger partial charge in [-0.05, 0) is 36.4 Å². The molecule has 0 aliphatic carbocycles. The van der Waals surface area contributed by atoms with Gasteiger partial charge in [0.15, 0.2) is 23.3 Å². The van der Waals surface area contributed by atoms with Gasteiger partial charge in [-0.1, -0.05) is 78.9 Å². The molecule has 0 radical (unpaired) electrons. The average Bonchev–Trinajstić information content (AvgIpc) is 3.87. The highest BCUT2D eigenvalue weighted by Crippen LogP contribution is 2.37. The summed E-state index contributed by atoms with van der Waals surface area (Å²) in [5.74, 6) is 1.91. The number of nitrogens with one attached hydrogen (secondary N) is 2. The normalized spacial score (nSPS) is 11.8. The first kappa shape index (κ1) is 27.8. The summed E-state index contributed by atoms with van der Waals surface area (Å²) in [5, 5.41) is 12.8. The van der Waals surface area contributed by atoms with E-state index in [1.807, 2.05) is 91.0 Å². The third kappa shape index (κ3) is 4.41. The molecule has 8 bridgehead atoms. The molecule has 0 spiro atoms. The Bertz CT molecular complexity index is 2910. The van der Waals surface area contributed by atoms with Gasteiger partial charge in [0.05, 0.1) is 5.56 Å². The maximum absolute atomic E-state index is 11.6. The smallest absolute Gasteiger partial charge is 0.335 e. The third-order valence-corrected chi connectivity index (χ3v) is 8.84. The van der Waals surface area contributed by atoms with Gasteiger partial charge in [0.25, 0.3) is 0 Å². The summed E-state index contributed by atoms with van der Waals surface area (Å²) < 4.78 is 6.14. The molecule has 11 heteroatoms. The van der Waals surface area contributed by atoms with Crippen molar-refractivity contribution in [3.05, 3.63) is 121 Å². The number of benzene rings is 5. The lowest BCUT2D eigenvalue weighted by Gasteiger charge is -2.06. The first-order chi connectivity index (χ1) is 24.6.